The van der Waals surface area contributed by atoms with Crippen LogP contribution in [0.5, 0.6) is 0 Å². The zero-order valence-electron chi connectivity index (χ0n) is 11.4. The summed E-state index contributed by atoms with van der Waals surface area (Å²) in [4.78, 5) is 6.07. The minimum Gasteiger partial charge on any atom is -0.303 e. The molecule has 0 bridgehead atoms. The molecule has 2 aromatic heterocycles. The van der Waals surface area contributed by atoms with Crippen molar-refractivity contribution in [3.8, 4) is 0 Å². The van der Waals surface area contributed by atoms with Gasteiger partial charge in [-0.3, -0.25) is 0 Å². The Morgan fingerprint density at radius 3 is 2.67 bits per heavy atom. The Labute approximate surface area is 117 Å². The van der Waals surface area contributed by atoms with Gasteiger partial charge in [-0.05, 0) is 18.4 Å². The molecule has 2 rings (SSSR count). The summed E-state index contributed by atoms with van der Waals surface area (Å²) in [5, 5.41) is 8.99. The van der Waals surface area contributed by atoms with Crippen molar-refractivity contribution < 1.29 is 0 Å². The maximum Gasteiger partial charge on any atom is 0.107 e. The third-order valence-electron chi connectivity index (χ3n) is 2.85. The molecule has 2 heterocycles. The number of hydrogen-bond donors (Lipinski definition) is 1. The van der Waals surface area contributed by atoms with Crippen molar-refractivity contribution in [1.29, 1.82) is 0 Å². The van der Waals surface area contributed by atoms with Crippen molar-refractivity contribution >= 4 is 22.7 Å². The Morgan fingerprint density at radius 2 is 2.11 bits per heavy atom. The summed E-state index contributed by atoms with van der Waals surface area (Å²) in [5.41, 5.74) is 1.33. The molecule has 0 fully saturated rings. The van der Waals surface area contributed by atoms with Crippen LogP contribution in [-0.2, 0) is 12.0 Å². The summed E-state index contributed by atoms with van der Waals surface area (Å²) >= 11 is 3.54. The van der Waals surface area contributed by atoms with Gasteiger partial charge in [0.05, 0.1) is 5.69 Å². The molecule has 0 radical (unpaired) electrons. The van der Waals surface area contributed by atoms with E-state index in [1.54, 1.807) is 22.7 Å². The highest BCUT2D eigenvalue weighted by Crippen LogP contribution is 2.24. The molecule has 4 heteroatoms. The topological polar surface area (TPSA) is 24.9 Å². The first kappa shape index (κ1) is 13.7. The van der Waals surface area contributed by atoms with Gasteiger partial charge in [0.1, 0.15) is 5.01 Å². The lowest BCUT2D eigenvalue weighted by molar-refractivity contribution is 0.557. The number of rotatable bonds is 4. The fraction of sp³-hybridized carbons (Fsp3) is 0.500. The Kier molecular flexibility index (Phi) is 4.20. The van der Waals surface area contributed by atoms with Crippen LogP contribution in [-0.4, -0.2) is 4.98 Å². The van der Waals surface area contributed by atoms with Gasteiger partial charge in [-0.25, -0.2) is 4.98 Å². The van der Waals surface area contributed by atoms with Crippen LogP contribution in [0.4, 0.5) is 0 Å². The minimum absolute atomic E-state index is 0.147. The smallest absolute Gasteiger partial charge is 0.107 e. The van der Waals surface area contributed by atoms with E-state index in [1.807, 2.05) is 0 Å². The summed E-state index contributed by atoms with van der Waals surface area (Å²) in [6, 6.07) is 4.66. The van der Waals surface area contributed by atoms with Crippen LogP contribution in [0.1, 0.15) is 49.3 Å². The zero-order chi connectivity index (χ0) is 13.2. The Balaban J connectivity index is 1.93. The van der Waals surface area contributed by atoms with E-state index in [9.17, 15) is 0 Å². The number of thiazole rings is 1. The molecule has 0 saturated heterocycles. The van der Waals surface area contributed by atoms with Gasteiger partial charge in [0.15, 0.2) is 0 Å². The van der Waals surface area contributed by atoms with E-state index in [1.165, 1.54) is 15.6 Å². The van der Waals surface area contributed by atoms with Crippen LogP contribution >= 0.6 is 22.7 Å². The van der Waals surface area contributed by atoms with Gasteiger partial charge in [-0.15, -0.1) is 22.7 Å². The second-order valence-electron chi connectivity index (χ2n) is 5.49. The molecule has 98 valence electrons. The third-order valence-corrected chi connectivity index (χ3v) is 4.75. The van der Waals surface area contributed by atoms with E-state index < -0.39 is 0 Å². The molecule has 0 unspecified atom stereocenters. The molecule has 0 saturated carbocycles. The first-order chi connectivity index (χ1) is 8.47. The van der Waals surface area contributed by atoms with Crippen LogP contribution in [0.15, 0.2) is 22.9 Å². The van der Waals surface area contributed by atoms with Crippen molar-refractivity contribution in [2.75, 3.05) is 0 Å². The van der Waals surface area contributed by atoms with Gasteiger partial charge < -0.3 is 5.32 Å². The molecule has 0 spiro atoms. The molecule has 1 atom stereocenters. The van der Waals surface area contributed by atoms with E-state index in [-0.39, 0.29) is 5.41 Å². The summed E-state index contributed by atoms with van der Waals surface area (Å²) in [5.74, 6) is 0. The maximum absolute atomic E-state index is 4.69. The molecule has 0 aliphatic heterocycles. The van der Waals surface area contributed by atoms with Crippen molar-refractivity contribution in [1.82, 2.24) is 10.3 Å². The van der Waals surface area contributed by atoms with Crippen LogP contribution < -0.4 is 5.32 Å². The van der Waals surface area contributed by atoms with E-state index in [2.05, 4.69) is 55.9 Å². The first-order valence-electron chi connectivity index (χ1n) is 6.18. The summed E-state index contributed by atoms with van der Waals surface area (Å²) < 4.78 is 0. The van der Waals surface area contributed by atoms with Crippen LogP contribution in [0.2, 0.25) is 0 Å². The van der Waals surface area contributed by atoms with Crippen molar-refractivity contribution in [2.24, 2.45) is 0 Å². The molecule has 18 heavy (non-hydrogen) atoms. The first-order valence-corrected chi connectivity index (χ1v) is 7.94. The van der Waals surface area contributed by atoms with Gasteiger partial charge in [0, 0.05) is 28.3 Å². The van der Waals surface area contributed by atoms with E-state index >= 15 is 0 Å². The van der Waals surface area contributed by atoms with Crippen molar-refractivity contribution in [3.63, 3.8) is 0 Å². The fourth-order valence-corrected chi connectivity index (χ4v) is 3.35. The predicted molar refractivity (Wildman–Crippen MR) is 80.4 cm³/mol. The lowest BCUT2D eigenvalue weighted by Crippen LogP contribution is -2.17. The molecule has 0 amide bonds. The lowest BCUT2D eigenvalue weighted by Gasteiger charge is -2.14. The summed E-state index contributed by atoms with van der Waals surface area (Å²) in [6.45, 7) is 9.65. The molecular weight excluding hydrogens is 260 g/mol. The Morgan fingerprint density at radius 1 is 1.33 bits per heavy atom. The van der Waals surface area contributed by atoms with E-state index in [0.29, 0.717) is 6.04 Å². The van der Waals surface area contributed by atoms with Gasteiger partial charge in [0.2, 0.25) is 0 Å². The molecule has 0 aliphatic carbocycles. The fourth-order valence-electron chi connectivity index (χ4n) is 1.62. The van der Waals surface area contributed by atoms with E-state index in [0.717, 1.165) is 6.54 Å². The van der Waals surface area contributed by atoms with Crippen molar-refractivity contribution in [3.05, 3.63) is 38.5 Å². The Bertz CT molecular complexity index is 480. The number of nitrogens with zero attached hydrogens (tertiary/aromatic N) is 1. The van der Waals surface area contributed by atoms with Gasteiger partial charge in [0.25, 0.3) is 0 Å². The van der Waals surface area contributed by atoms with Crippen molar-refractivity contribution in [2.45, 2.75) is 45.7 Å². The quantitative estimate of drug-likeness (QED) is 0.900. The third kappa shape index (κ3) is 3.40. The van der Waals surface area contributed by atoms with Crippen LogP contribution in [0.3, 0.4) is 0 Å². The Hall–Kier alpha value is -0.710. The minimum atomic E-state index is 0.147. The largest absolute Gasteiger partial charge is 0.303 e. The second kappa shape index (κ2) is 5.51. The SMILES string of the molecule is C[C@@H](NCc1nc(C(C)(C)C)cs1)c1cccs1. The monoisotopic (exact) mass is 280 g/mol. The molecule has 2 nitrogen and oxygen atoms in total. The zero-order valence-corrected chi connectivity index (χ0v) is 13.0. The van der Waals surface area contributed by atoms with E-state index in [4.69, 9.17) is 4.98 Å². The van der Waals surface area contributed by atoms with Crippen LogP contribution in [0.25, 0.3) is 0 Å². The second-order valence-corrected chi connectivity index (χ2v) is 7.42. The standard InChI is InChI=1S/C14H20N2S2/c1-10(11-6-5-7-17-11)15-8-13-16-12(9-18-13)14(2,3)4/h5-7,9-10,15H,8H2,1-4H3/t10-/m1/s1. The molecule has 0 aliphatic rings. The number of hydrogen-bond acceptors (Lipinski definition) is 4. The van der Waals surface area contributed by atoms with Gasteiger partial charge >= 0.3 is 0 Å². The molecule has 0 aromatic carbocycles. The highest BCUT2D eigenvalue weighted by Gasteiger charge is 2.17. The van der Waals surface area contributed by atoms with Gasteiger partial charge in [-0.1, -0.05) is 26.8 Å². The maximum atomic E-state index is 4.69. The average Bonchev–Trinajstić information content (AvgIpc) is 2.96. The predicted octanol–water partition coefficient (Wildman–Crippen LogP) is 4.35. The average molecular weight is 280 g/mol. The highest BCUT2D eigenvalue weighted by atomic mass is 32.1. The lowest BCUT2D eigenvalue weighted by atomic mass is 9.93. The highest BCUT2D eigenvalue weighted by molar-refractivity contribution is 7.10. The molecular formula is C14H20N2S2. The molecule has 2 aromatic rings. The molecule has 1 N–H and O–H groups in total. The summed E-state index contributed by atoms with van der Waals surface area (Å²) in [7, 11) is 0. The number of aromatic nitrogens is 1. The summed E-state index contributed by atoms with van der Waals surface area (Å²) in [6.07, 6.45) is 0. The normalized spacial score (nSPS) is 13.8. The number of thiophene rings is 1. The number of nitrogens with one attached hydrogen (secondary N) is 1. The van der Waals surface area contributed by atoms with Crippen LogP contribution in [0, 0.1) is 0 Å². The van der Waals surface area contributed by atoms with Gasteiger partial charge in [-0.2, -0.15) is 0 Å².